The van der Waals surface area contributed by atoms with Crippen LogP contribution in [0.4, 0.5) is 4.79 Å². The summed E-state index contributed by atoms with van der Waals surface area (Å²) in [6.07, 6.45) is 2.38. The van der Waals surface area contributed by atoms with E-state index >= 15 is 0 Å². The Kier molecular flexibility index (Phi) is 8.68. The summed E-state index contributed by atoms with van der Waals surface area (Å²) >= 11 is 0. The molecule has 3 rings (SSSR count). The van der Waals surface area contributed by atoms with Crippen LogP contribution in [0.25, 0.3) is 11.0 Å². The summed E-state index contributed by atoms with van der Waals surface area (Å²) in [5.41, 5.74) is 0.452. The number of rotatable bonds is 11. The Balaban J connectivity index is 1.74. The summed E-state index contributed by atoms with van der Waals surface area (Å²) in [4.78, 5) is 49.4. The lowest BCUT2D eigenvalue weighted by Crippen LogP contribution is -2.51. The number of urea groups is 1. The lowest BCUT2D eigenvalue weighted by Gasteiger charge is -2.23. The van der Waals surface area contributed by atoms with Crippen molar-refractivity contribution in [2.75, 3.05) is 13.7 Å². The Morgan fingerprint density at radius 3 is 2.50 bits per heavy atom. The van der Waals surface area contributed by atoms with E-state index in [0.29, 0.717) is 29.6 Å². The average molecular weight is 500 g/mol. The molecule has 2 atom stereocenters. The third kappa shape index (κ3) is 6.83. The van der Waals surface area contributed by atoms with Gasteiger partial charge in [-0.1, -0.05) is 39.8 Å². The zero-order chi connectivity index (χ0) is 26.4. The first-order valence-corrected chi connectivity index (χ1v) is 11.9. The Labute approximate surface area is 209 Å². The van der Waals surface area contributed by atoms with Gasteiger partial charge in [0.1, 0.15) is 12.6 Å². The number of carbonyl (C=O) groups is 4. The minimum atomic E-state index is -0.827. The van der Waals surface area contributed by atoms with Gasteiger partial charge in [0, 0.05) is 11.6 Å². The minimum Gasteiger partial charge on any atom is -0.493 e. The normalized spacial score (nSPS) is 15.6. The number of fused-ring (bicyclic) bond motifs is 1. The van der Waals surface area contributed by atoms with E-state index < -0.39 is 29.9 Å². The summed E-state index contributed by atoms with van der Waals surface area (Å²) in [6, 6.07) is 4.99. The lowest BCUT2D eigenvalue weighted by atomic mass is 10.0. The maximum absolute atomic E-state index is 13.2. The van der Waals surface area contributed by atoms with Crippen molar-refractivity contribution >= 4 is 40.9 Å². The topological polar surface area (TPSA) is 142 Å². The molecule has 0 radical (unpaired) electrons. The predicted molar refractivity (Wildman–Crippen MR) is 134 cm³/mol. The van der Waals surface area contributed by atoms with Crippen LogP contribution in [0.15, 0.2) is 33.8 Å². The highest BCUT2D eigenvalue weighted by Gasteiger charge is 2.28. The first kappa shape index (κ1) is 26.7. The number of ether oxygens (including phenoxy) is 1. The molecule has 1 saturated heterocycles. The summed E-state index contributed by atoms with van der Waals surface area (Å²) in [7, 11) is 1.52. The number of nitrogens with zero attached hydrogens (tertiary/aromatic N) is 2. The Hall–Kier alpha value is -3.89. The molecule has 1 aromatic heterocycles. The van der Waals surface area contributed by atoms with Gasteiger partial charge in [-0.2, -0.15) is 5.10 Å². The average Bonchev–Trinajstić information content (AvgIpc) is 3.38. The smallest absolute Gasteiger partial charge is 0.344 e. The molecule has 2 aromatic rings. The maximum atomic E-state index is 13.2. The second kappa shape index (κ2) is 11.7. The number of imide groups is 1. The van der Waals surface area contributed by atoms with Gasteiger partial charge in [-0.05, 0) is 36.8 Å². The van der Waals surface area contributed by atoms with Crippen molar-refractivity contribution in [2.24, 2.45) is 16.9 Å². The molecule has 5 amide bonds. The molecule has 0 aliphatic carbocycles. The van der Waals surface area contributed by atoms with E-state index in [1.807, 2.05) is 27.7 Å². The summed E-state index contributed by atoms with van der Waals surface area (Å²) in [5.74, 6) is -0.439. The molecular weight excluding hydrogens is 466 g/mol. The molecule has 3 N–H and O–H groups in total. The van der Waals surface area contributed by atoms with Crippen LogP contribution in [0.2, 0.25) is 0 Å². The molecule has 36 heavy (non-hydrogen) atoms. The molecule has 0 saturated carbocycles. The molecule has 0 bridgehead atoms. The second-order valence-electron chi connectivity index (χ2n) is 9.57. The van der Waals surface area contributed by atoms with E-state index in [-0.39, 0.29) is 30.0 Å². The molecule has 0 spiro atoms. The highest BCUT2D eigenvalue weighted by Crippen LogP contribution is 2.28. The van der Waals surface area contributed by atoms with E-state index in [1.165, 1.54) is 13.3 Å². The van der Waals surface area contributed by atoms with Gasteiger partial charge in [-0.15, -0.1) is 0 Å². The number of carbonyl (C=O) groups excluding carboxylic acids is 4. The molecule has 1 aliphatic rings. The fourth-order valence-electron chi connectivity index (χ4n) is 3.87. The number of hydrogen-bond donors (Lipinski definition) is 3. The van der Waals surface area contributed by atoms with Gasteiger partial charge in [-0.3, -0.25) is 19.7 Å². The number of benzene rings is 1. The van der Waals surface area contributed by atoms with Gasteiger partial charge in [0.2, 0.25) is 11.8 Å². The quantitative estimate of drug-likeness (QED) is 0.320. The first-order chi connectivity index (χ1) is 17.1. The van der Waals surface area contributed by atoms with Crippen molar-refractivity contribution < 1.29 is 28.3 Å². The van der Waals surface area contributed by atoms with Crippen molar-refractivity contribution in [3.05, 3.63) is 30.0 Å². The van der Waals surface area contributed by atoms with Gasteiger partial charge >= 0.3 is 6.03 Å². The maximum Gasteiger partial charge on any atom is 0.344 e. The third-order valence-electron chi connectivity index (χ3n) is 5.49. The van der Waals surface area contributed by atoms with Crippen molar-refractivity contribution in [3.8, 4) is 5.75 Å². The summed E-state index contributed by atoms with van der Waals surface area (Å²) in [6.45, 7) is 7.71. The number of hydrazone groups is 1. The summed E-state index contributed by atoms with van der Waals surface area (Å²) < 4.78 is 11.0. The van der Waals surface area contributed by atoms with Crippen LogP contribution in [0.5, 0.6) is 5.75 Å². The van der Waals surface area contributed by atoms with Crippen LogP contribution in [-0.2, 0) is 9.59 Å². The molecule has 1 fully saturated rings. The number of amides is 5. The fraction of sp³-hybridized carbons (Fsp3) is 0.480. The zero-order valence-corrected chi connectivity index (χ0v) is 21.2. The fourth-order valence-corrected chi connectivity index (χ4v) is 3.87. The van der Waals surface area contributed by atoms with Gasteiger partial charge in [0.25, 0.3) is 5.91 Å². The van der Waals surface area contributed by atoms with E-state index in [0.717, 1.165) is 5.01 Å². The molecule has 1 aliphatic heterocycles. The standard InChI is InChI=1S/C25H33N5O6/c1-14(2)9-17(12-26-30-13-21(31)29-25(30)34)27-23(32)18(10-15(3)4)28-24(33)20-11-16-7-6-8-19(35-5)22(16)36-20/h6-8,11-12,14-15,17-18H,9-10,13H2,1-5H3,(H,27,32)(H,28,33)(H,29,31,34)/b26-12+/t17-,18-/m0/s1. The van der Waals surface area contributed by atoms with Crippen LogP contribution in [-0.4, -0.2) is 60.7 Å². The number of para-hydroxylation sites is 1. The SMILES string of the molecule is COc1cccc2cc(C(=O)N[C@@H](CC(C)C)C(=O)N[C@H](/C=N/N3CC(=O)NC3=O)CC(C)C)oc12. The first-order valence-electron chi connectivity index (χ1n) is 11.9. The highest BCUT2D eigenvalue weighted by molar-refractivity contribution is 6.02. The monoisotopic (exact) mass is 499 g/mol. The van der Waals surface area contributed by atoms with Crippen molar-refractivity contribution in [3.63, 3.8) is 0 Å². The Bertz CT molecular complexity index is 1160. The Morgan fingerprint density at radius 2 is 1.89 bits per heavy atom. The van der Waals surface area contributed by atoms with Crippen LogP contribution >= 0.6 is 0 Å². The van der Waals surface area contributed by atoms with Crippen LogP contribution in [0.3, 0.4) is 0 Å². The number of nitrogens with one attached hydrogen (secondary N) is 3. The molecule has 2 heterocycles. The van der Waals surface area contributed by atoms with E-state index in [9.17, 15) is 19.2 Å². The second-order valence-corrected chi connectivity index (χ2v) is 9.57. The van der Waals surface area contributed by atoms with Gasteiger partial charge < -0.3 is 19.8 Å². The van der Waals surface area contributed by atoms with Gasteiger partial charge in [-0.25, -0.2) is 9.80 Å². The molecule has 11 nitrogen and oxygen atoms in total. The van der Waals surface area contributed by atoms with Crippen molar-refractivity contribution in [2.45, 2.75) is 52.6 Å². The lowest BCUT2D eigenvalue weighted by molar-refractivity contribution is -0.123. The van der Waals surface area contributed by atoms with Crippen molar-refractivity contribution in [1.29, 1.82) is 0 Å². The van der Waals surface area contributed by atoms with E-state index in [1.54, 1.807) is 24.3 Å². The summed E-state index contributed by atoms with van der Waals surface area (Å²) in [5, 5.41) is 13.6. The van der Waals surface area contributed by atoms with Crippen LogP contribution in [0, 0.1) is 11.8 Å². The number of methoxy groups -OCH3 is 1. The minimum absolute atomic E-state index is 0.0704. The predicted octanol–water partition coefficient (Wildman–Crippen LogP) is 2.65. The van der Waals surface area contributed by atoms with E-state index in [2.05, 4.69) is 21.1 Å². The third-order valence-corrected chi connectivity index (χ3v) is 5.49. The number of hydrogen-bond acceptors (Lipinski definition) is 7. The van der Waals surface area contributed by atoms with Crippen LogP contribution in [0.1, 0.15) is 51.1 Å². The molecular formula is C25H33N5O6. The molecule has 11 heteroatoms. The highest BCUT2D eigenvalue weighted by atomic mass is 16.5. The zero-order valence-electron chi connectivity index (χ0n) is 21.2. The van der Waals surface area contributed by atoms with Gasteiger partial charge in [0.15, 0.2) is 17.1 Å². The van der Waals surface area contributed by atoms with Crippen molar-refractivity contribution in [1.82, 2.24) is 21.0 Å². The molecule has 0 unspecified atom stereocenters. The molecule has 1 aromatic carbocycles. The number of furan rings is 1. The largest absolute Gasteiger partial charge is 0.493 e. The Morgan fingerprint density at radius 1 is 1.17 bits per heavy atom. The molecule has 194 valence electrons. The van der Waals surface area contributed by atoms with Crippen LogP contribution < -0.4 is 20.7 Å². The van der Waals surface area contributed by atoms with Gasteiger partial charge in [0.05, 0.1) is 13.2 Å². The van der Waals surface area contributed by atoms with E-state index in [4.69, 9.17) is 9.15 Å².